The van der Waals surface area contributed by atoms with Gasteiger partial charge in [-0.25, -0.2) is 8.42 Å². The molecule has 0 aromatic heterocycles. The largest absolute Gasteiger partial charge is 0.481 e. The van der Waals surface area contributed by atoms with Crippen molar-refractivity contribution < 1.29 is 23.1 Å². The number of aryl methyl sites for hydroxylation is 1. The summed E-state index contributed by atoms with van der Waals surface area (Å²) in [6.45, 7) is 4.37. The van der Waals surface area contributed by atoms with Crippen LogP contribution >= 0.6 is 0 Å². The van der Waals surface area contributed by atoms with E-state index < -0.39 is 21.9 Å². The van der Waals surface area contributed by atoms with Gasteiger partial charge in [0.05, 0.1) is 4.90 Å². The Morgan fingerprint density at radius 2 is 2.04 bits per heavy atom. The molecule has 0 bridgehead atoms. The highest BCUT2D eigenvalue weighted by molar-refractivity contribution is 7.89. The Balaban J connectivity index is 2.18. The van der Waals surface area contributed by atoms with Gasteiger partial charge in [0.25, 0.3) is 5.91 Å². The lowest BCUT2D eigenvalue weighted by Crippen LogP contribution is -2.42. The highest BCUT2D eigenvalue weighted by atomic mass is 32.2. The molecule has 1 saturated heterocycles. The fourth-order valence-electron chi connectivity index (χ4n) is 3.11. The van der Waals surface area contributed by atoms with E-state index in [0.717, 1.165) is 19.3 Å². The molecule has 1 aliphatic rings. The van der Waals surface area contributed by atoms with Crippen molar-refractivity contribution in [2.24, 2.45) is 0 Å². The molecule has 1 fully saturated rings. The molecule has 2 rings (SSSR count). The summed E-state index contributed by atoms with van der Waals surface area (Å²) in [6, 6.07) is 4.53. The third-order valence-corrected chi connectivity index (χ3v) is 6.66. The minimum Gasteiger partial charge on any atom is -0.481 e. The highest BCUT2D eigenvalue weighted by Gasteiger charge is 2.31. The van der Waals surface area contributed by atoms with Gasteiger partial charge in [0.15, 0.2) is 0 Å². The van der Waals surface area contributed by atoms with Crippen molar-refractivity contribution in [3.05, 3.63) is 29.3 Å². The van der Waals surface area contributed by atoms with Crippen LogP contribution in [0.15, 0.2) is 23.1 Å². The molecule has 0 radical (unpaired) electrons. The van der Waals surface area contributed by atoms with Gasteiger partial charge in [-0.15, -0.1) is 0 Å². The average molecular weight is 382 g/mol. The van der Waals surface area contributed by atoms with Crippen molar-refractivity contribution in [2.45, 2.75) is 56.9 Å². The average Bonchev–Trinajstić information content (AvgIpc) is 2.58. The molecule has 144 valence electrons. The van der Waals surface area contributed by atoms with Gasteiger partial charge in [-0.3, -0.25) is 9.59 Å². The van der Waals surface area contributed by atoms with E-state index in [1.54, 1.807) is 13.0 Å². The number of sulfonamides is 1. The summed E-state index contributed by atoms with van der Waals surface area (Å²) in [6.07, 6.45) is 2.99. The Morgan fingerprint density at radius 3 is 2.69 bits per heavy atom. The number of carboxylic acid groups (broad SMARTS) is 1. The molecule has 1 aromatic carbocycles. The zero-order valence-electron chi connectivity index (χ0n) is 15.2. The second-order valence-electron chi connectivity index (χ2n) is 6.69. The van der Waals surface area contributed by atoms with Crippen LogP contribution in [0.2, 0.25) is 0 Å². The molecule has 1 amide bonds. The summed E-state index contributed by atoms with van der Waals surface area (Å²) < 4.78 is 27.4. The third-order valence-electron chi connectivity index (χ3n) is 4.66. The van der Waals surface area contributed by atoms with E-state index in [1.807, 2.05) is 6.92 Å². The second kappa shape index (κ2) is 8.64. The number of piperidine rings is 1. The van der Waals surface area contributed by atoms with E-state index >= 15 is 0 Å². The molecule has 26 heavy (non-hydrogen) atoms. The second-order valence-corrected chi connectivity index (χ2v) is 8.58. The van der Waals surface area contributed by atoms with Crippen LogP contribution in [0.1, 0.15) is 54.9 Å². The first-order valence-electron chi connectivity index (χ1n) is 8.86. The number of benzene rings is 1. The van der Waals surface area contributed by atoms with Crippen molar-refractivity contribution in [3.8, 4) is 0 Å². The van der Waals surface area contributed by atoms with Crippen molar-refractivity contribution in [1.29, 1.82) is 0 Å². The Labute approximate surface area is 154 Å². The molecule has 0 saturated carbocycles. The SMILES string of the molecule is Cc1ccc(S(=O)(=O)N2CCCCC2C)cc1C(=O)NCCCC(=O)O. The number of carbonyl (C=O) groups is 2. The number of carbonyl (C=O) groups excluding carboxylic acids is 1. The number of hydrogen-bond acceptors (Lipinski definition) is 4. The van der Waals surface area contributed by atoms with E-state index in [1.165, 1.54) is 16.4 Å². The number of amides is 1. The van der Waals surface area contributed by atoms with Crippen LogP contribution in [-0.2, 0) is 14.8 Å². The fourth-order valence-corrected chi connectivity index (χ4v) is 4.83. The molecule has 0 aliphatic carbocycles. The number of carboxylic acids is 1. The fraction of sp³-hybridized carbons (Fsp3) is 0.556. The van der Waals surface area contributed by atoms with Crippen LogP contribution < -0.4 is 5.32 Å². The minimum atomic E-state index is -3.64. The molecule has 7 nitrogen and oxygen atoms in total. The third kappa shape index (κ3) is 4.82. The van der Waals surface area contributed by atoms with E-state index in [0.29, 0.717) is 24.1 Å². The van der Waals surface area contributed by atoms with Gasteiger partial charge >= 0.3 is 5.97 Å². The van der Waals surface area contributed by atoms with Gasteiger partial charge in [0.1, 0.15) is 0 Å². The molecule has 1 aliphatic heterocycles. The number of nitrogens with one attached hydrogen (secondary N) is 1. The van der Waals surface area contributed by atoms with Crippen LogP contribution in [0.4, 0.5) is 0 Å². The van der Waals surface area contributed by atoms with Crippen LogP contribution in [-0.4, -0.2) is 48.8 Å². The molecule has 0 spiro atoms. The Bertz CT molecular complexity index is 776. The zero-order valence-corrected chi connectivity index (χ0v) is 16.0. The minimum absolute atomic E-state index is 0.0273. The van der Waals surface area contributed by atoms with E-state index in [-0.39, 0.29) is 23.9 Å². The topological polar surface area (TPSA) is 104 Å². The number of aliphatic carboxylic acids is 1. The Hall–Kier alpha value is -1.93. The maximum Gasteiger partial charge on any atom is 0.303 e. The van der Waals surface area contributed by atoms with Crippen LogP contribution in [0.3, 0.4) is 0 Å². The first-order valence-corrected chi connectivity index (χ1v) is 10.3. The normalized spacial score (nSPS) is 18.5. The first kappa shape index (κ1) is 20.4. The summed E-state index contributed by atoms with van der Waals surface area (Å²) in [7, 11) is -3.64. The lowest BCUT2D eigenvalue weighted by atomic mass is 10.1. The maximum atomic E-state index is 12.9. The van der Waals surface area contributed by atoms with Crippen LogP contribution in [0.25, 0.3) is 0 Å². The molecule has 2 N–H and O–H groups in total. The van der Waals surface area contributed by atoms with Crippen LogP contribution in [0, 0.1) is 6.92 Å². The van der Waals surface area contributed by atoms with Gasteiger partial charge in [-0.2, -0.15) is 4.31 Å². The molecule has 1 unspecified atom stereocenters. The van der Waals surface area contributed by atoms with Gasteiger partial charge in [-0.05, 0) is 50.8 Å². The van der Waals surface area contributed by atoms with Gasteiger partial charge < -0.3 is 10.4 Å². The predicted octanol–water partition coefficient (Wildman–Crippen LogP) is 2.15. The number of nitrogens with zero attached hydrogens (tertiary/aromatic N) is 1. The molecule has 1 atom stereocenters. The smallest absolute Gasteiger partial charge is 0.303 e. The highest BCUT2D eigenvalue weighted by Crippen LogP contribution is 2.26. The number of hydrogen-bond donors (Lipinski definition) is 2. The summed E-state index contributed by atoms with van der Waals surface area (Å²) in [4.78, 5) is 23.0. The molecular formula is C18H26N2O5S. The van der Waals surface area contributed by atoms with Crippen molar-refractivity contribution in [2.75, 3.05) is 13.1 Å². The standard InChI is InChI=1S/C18H26N2O5S/c1-13-8-9-15(26(24,25)20-11-4-3-6-14(20)2)12-16(13)18(23)19-10-5-7-17(21)22/h8-9,12,14H,3-7,10-11H2,1-2H3,(H,19,23)(H,21,22). The van der Waals surface area contributed by atoms with E-state index in [2.05, 4.69) is 5.32 Å². The molecule has 1 aromatic rings. The first-order chi connectivity index (χ1) is 12.2. The molecular weight excluding hydrogens is 356 g/mol. The summed E-state index contributed by atoms with van der Waals surface area (Å²) >= 11 is 0. The molecule has 1 heterocycles. The van der Waals surface area contributed by atoms with Crippen molar-refractivity contribution in [3.63, 3.8) is 0 Å². The predicted molar refractivity (Wildman–Crippen MR) is 97.6 cm³/mol. The van der Waals surface area contributed by atoms with Crippen molar-refractivity contribution >= 4 is 21.9 Å². The van der Waals surface area contributed by atoms with Crippen LogP contribution in [0.5, 0.6) is 0 Å². The Kier molecular flexibility index (Phi) is 6.77. The zero-order chi connectivity index (χ0) is 19.3. The van der Waals surface area contributed by atoms with Gasteiger partial charge in [-0.1, -0.05) is 12.5 Å². The summed E-state index contributed by atoms with van der Waals surface area (Å²) in [5.41, 5.74) is 0.970. The van der Waals surface area contributed by atoms with Gasteiger partial charge in [0, 0.05) is 31.1 Å². The van der Waals surface area contributed by atoms with E-state index in [9.17, 15) is 18.0 Å². The lowest BCUT2D eigenvalue weighted by molar-refractivity contribution is -0.137. The molecule has 8 heteroatoms. The Morgan fingerprint density at radius 1 is 1.31 bits per heavy atom. The number of rotatable bonds is 7. The maximum absolute atomic E-state index is 12.9. The quantitative estimate of drug-likeness (QED) is 0.703. The van der Waals surface area contributed by atoms with E-state index in [4.69, 9.17) is 5.11 Å². The summed E-state index contributed by atoms with van der Waals surface area (Å²) in [5, 5.41) is 11.3. The monoisotopic (exact) mass is 382 g/mol. The summed E-state index contributed by atoms with van der Waals surface area (Å²) in [5.74, 6) is -1.31. The van der Waals surface area contributed by atoms with Gasteiger partial charge in [0.2, 0.25) is 10.0 Å². The lowest BCUT2D eigenvalue weighted by Gasteiger charge is -2.32. The van der Waals surface area contributed by atoms with Crippen molar-refractivity contribution in [1.82, 2.24) is 9.62 Å².